The van der Waals surface area contributed by atoms with Crippen LogP contribution in [0.2, 0.25) is 0 Å². The number of carboxylic acids is 1. The number of piperidine rings is 1. The molecular formula is C15H19NO6. The molecule has 0 radical (unpaired) electrons. The third kappa shape index (κ3) is 2.07. The Morgan fingerprint density at radius 3 is 2.23 bits per heavy atom. The second-order valence-corrected chi connectivity index (χ2v) is 6.27. The van der Waals surface area contributed by atoms with E-state index in [9.17, 15) is 14.7 Å². The highest BCUT2D eigenvalue weighted by Gasteiger charge is 2.54. The summed E-state index contributed by atoms with van der Waals surface area (Å²) in [6.45, 7) is 2.26. The molecule has 0 aliphatic carbocycles. The van der Waals surface area contributed by atoms with E-state index in [1.807, 2.05) is 0 Å². The Hall–Kier alpha value is -1.44. The number of likely N-dealkylation sites (tertiary alicyclic amines) is 1. The number of nitrogens with zero attached hydrogens (tertiary/aromatic N) is 1. The number of amides is 1. The zero-order valence-corrected chi connectivity index (χ0v) is 12.1. The molecule has 7 nitrogen and oxygen atoms in total. The van der Waals surface area contributed by atoms with Gasteiger partial charge in [0.05, 0.1) is 31.3 Å². The van der Waals surface area contributed by atoms with Crippen LogP contribution in [0, 0.1) is 11.8 Å². The van der Waals surface area contributed by atoms with E-state index in [1.54, 1.807) is 17.1 Å². The zero-order chi connectivity index (χ0) is 15.3. The van der Waals surface area contributed by atoms with Crippen LogP contribution < -0.4 is 0 Å². The molecule has 7 heteroatoms. The number of carboxylic acid groups (broad SMARTS) is 1. The fourth-order valence-corrected chi connectivity index (χ4v) is 3.96. The van der Waals surface area contributed by atoms with Crippen molar-refractivity contribution in [3.8, 4) is 0 Å². The van der Waals surface area contributed by atoms with Crippen LogP contribution in [-0.4, -0.2) is 66.2 Å². The number of aliphatic carboxylic acids is 1. The van der Waals surface area contributed by atoms with Gasteiger partial charge in [-0.05, 0) is 0 Å². The molecule has 120 valence electrons. The molecular weight excluding hydrogens is 290 g/mol. The van der Waals surface area contributed by atoms with E-state index in [0.29, 0.717) is 39.1 Å². The molecule has 0 aromatic carbocycles. The van der Waals surface area contributed by atoms with Gasteiger partial charge in [-0.2, -0.15) is 0 Å². The number of hydrogen-bond acceptors (Lipinski definition) is 5. The maximum atomic E-state index is 12.8. The van der Waals surface area contributed by atoms with E-state index >= 15 is 0 Å². The topological polar surface area (TPSA) is 85.3 Å². The molecule has 1 spiro atoms. The zero-order valence-electron chi connectivity index (χ0n) is 12.1. The lowest BCUT2D eigenvalue weighted by atomic mass is 9.81. The highest BCUT2D eigenvalue weighted by molar-refractivity contribution is 5.87. The first-order valence-electron chi connectivity index (χ1n) is 7.73. The fraction of sp³-hybridized carbons (Fsp3) is 0.733. The quantitative estimate of drug-likeness (QED) is 0.723. The minimum Gasteiger partial charge on any atom is -0.481 e. The Kier molecular flexibility index (Phi) is 3.25. The molecule has 4 rings (SSSR count). The van der Waals surface area contributed by atoms with Crippen molar-refractivity contribution in [1.82, 2.24) is 4.90 Å². The van der Waals surface area contributed by atoms with Crippen LogP contribution in [0.4, 0.5) is 0 Å². The van der Waals surface area contributed by atoms with Crippen LogP contribution in [0.25, 0.3) is 0 Å². The van der Waals surface area contributed by atoms with Gasteiger partial charge in [-0.3, -0.25) is 9.59 Å². The van der Waals surface area contributed by atoms with Crippen LogP contribution in [0.3, 0.4) is 0 Å². The van der Waals surface area contributed by atoms with Gasteiger partial charge >= 0.3 is 5.97 Å². The van der Waals surface area contributed by atoms with Crippen molar-refractivity contribution in [3.63, 3.8) is 0 Å². The summed E-state index contributed by atoms with van der Waals surface area (Å²) in [4.78, 5) is 26.0. The van der Waals surface area contributed by atoms with Gasteiger partial charge in [-0.15, -0.1) is 0 Å². The monoisotopic (exact) mass is 309 g/mol. The molecule has 0 aromatic heterocycles. The maximum absolute atomic E-state index is 12.8. The van der Waals surface area contributed by atoms with Gasteiger partial charge in [-0.1, -0.05) is 12.2 Å². The Labute approximate surface area is 127 Å². The van der Waals surface area contributed by atoms with Gasteiger partial charge in [0, 0.05) is 25.9 Å². The molecule has 0 saturated carbocycles. The minimum atomic E-state index is -0.967. The van der Waals surface area contributed by atoms with E-state index in [1.165, 1.54) is 0 Å². The van der Waals surface area contributed by atoms with Crippen LogP contribution >= 0.6 is 0 Å². The van der Waals surface area contributed by atoms with Crippen LogP contribution in [-0.2, 0) is 23.8 Å². The van der Waals surface area contributed by atoms with Crippen molar-refractivity contribution >= 4 is 11.9 Å². The van der Waals surface area contributed by atoms with Crippen molar-refractivity contribution in [2.75, 3.05) is 26.3 Å². The summed E-state index contributed by atoms with van der Waals surface area (Å²) in [6.07, 6.45) is 3.93. The summed E-state index contributed by atoms with van der Waals surface area (Å²) in [5.74, 6) is -3.03. The SMILES string of the molecule is O=C(O)[C@@H]1[C@@H](C(=O)N2CCC3(CC2)OCCO3)[C@H]2C=C[C@@H]1O2. The largest absolute Gasteiger partial charge is 0.481 e. The predicted octanol–water partition coefficient (Wildman–Crippen LogP) is 0.00610. The lowest BCUT2D eigenvalue weighted by molar-refractivity contribution is -0.189. The number of carbonyl (C=O) groups excluding carboxylic acids is 1. The normalized spacial score (nSPS) is 38.8. The summed E-state index contributed by atoms with van der Waals surface area (Å²) in [5.41, 5.74) is 0. The van der Waals surface area contributed by atoms with Crippen molar-refractivity contribution in [2.45, 2.75) is 30.8 Å². The molecule has 4 aliphatic heterocycles. The van der Waals surface area contributed by atoms with Gasteiger partial charge in [-0.25, -0.2) is 0 Å². The maximum Gasteiger partial charge on any atom is 0.310 e. The number of fused-ring (bicyclic) bond motifs is 2. The van der Waals surface area contributed by atoms with Gasteiger partial charge in [0.2, 0.25) is 5.91 Å². The van der Waals surface area contributed by atoms with E-state index in [0.717, 1.165) is 0 Å². The lowest BCUT2D eigenvalue weighted by Gasteiger charge is -2.39. The minimum absolute atomic E-state index is 0.128. The summed E-state index contributed by atoms with van der Waals surface area (Å²) in [7, 11) is 0. The Morgan fingerprint density at radius 2 is 1.64 bits per heavy atom. The number of ether oxygens (including phenoxy) is 3. The average Bonchev–Trinajstić information content (AvgIpc) is 3.22. The van der Waals surface area contributed by atoms with Gasteiger partial charge < -0.3 is 24.2 Å². The van der Waals surface area contributed by atoms with Crippen molar-refractivity contribution in [2.24, 2.45) is 11.8 Å². The average molecular weight is 309 g/mol. The molecule has 3 saturated heterocycles. The Balaban J connectivity index is 1.46. The van der Waals surface area contributed by atoms with Gasteiger partial charge in [0.1, 0.15) is 5.92 Å². The smallest absolute Gasteiger partial charge is 0.310 e. The standard InChI is InChI=1S/C15H19NO6/c17-13(11-9-1-2-10(22-9)12(11)14(18)19)16-5-3-15(4-6-16)20-7-8-21-15/h1-2,9-12H,3-8H2,(H,18,19)/t9-,10+,11+,12+/m1/s1. The van der Waals surface area contributed by atoms with Gasteiger partial charge in [0.25, 0.3) is 0 Å². The molecule has 2 bridgehead atoms. The number of rotatable bonds is 2. The molecule has 3 fully saturated rings. The number of hydrogen-bond donors (Lipinski definition) is 1. The van der Waals surface area contributed by atoms with Crippen LogP contribution in [0.15, 0.2) is 12.2 Å². The van der Waals surface area contributed by atoms with E-state index in [-0.39, 0.29) is 5.91 Å². The molecule has 4 atom stereocenters. The highest BCUT2D eigenvalue weighted by Crippen LogP contribution is 2.41. The van der Waals surface area contributed by atoms with Crippen LogP contribution in [0.5, 0.6) is 0 Å². The second kappa shape index (κ2) is 5.04. The third-order valence-corrected chi connectivity index (χ3v) is 5.12. The molecule has 0 unspecified atom stereocenters. The summed E-state index contributed by atoms with van der Waals surface area (Å²) < 4.78 is 16.9. The van der Waals surface area contributed by atoms with E-state index < -0.39 is 35.8 Å². The first-order valence-corrected chi connectivity index (χ1v) is 7.73. The highest BCUT2D eigenvalue weighted by atomic mass is 16.7. The lowest BCUT2D eigenvalue weighted by Crippen LogP contribution is -2.51. The Morgan fingerprint density at radius 1 is 1.05 bits per heavy atom. The fourth-order valence-electron chi connectivity index (χ4n) is 3.96. The number of carbonyl (C=O) groups is 2. The molecule has 0 aromatic rings. The van der Waals surface area contributed by atoms with Crippen LogP contribution in [0.1, 0.15) is 12.8 Å². The predicted molar refractivity (Wildman–Crippen MR) is 72.9 cm³/mol. The van der Waals surface area contributed by atoms with Crippen molar-refractivity contribution in [3.05, 3.63) is 12.2 Å². The third-order valence-electron chi connectivity index (χ3n) is 5.12. The first kappa shape index (κ1) is 14.2. The Bertz CT molecular complexity index is 516. The second-order valence-electron chi connectivity index (χ2n) is 6.27. The van der Waals surface area contributed by atoms with Gasteiger partial charge in [0.15, 0.2) is 5.79 Å². The van der Waals surface area contributed by atoms with E-state index in [4.69, 9.17) is 14.2 Å². The van der Waals surface area contributed by atoms with Crippen molar-refractivity contribution in [1.29, 1.82) is 0 Å². The van der Waals surface area contributed by atoms with E-state index in [2.05, 4.69) is 0 Å². The van der Waals surface area contributed by atoms with Crippen molar-refractivity contribution < 1.29 is 28.9 Å². The molecule has 22 heavy (non-hydrogen) atoms. The summed E-state index contributed by atoms with van der Waals surface area (Å²) in [5, 5.41) is 9.40. The molecule has 1 amide bonds. The molecule has 1 N–H and O–H groups in total. The summed E-state index contributed by atoms with van der Waals surface area (Å²) >= 11 is 0. The molecule has 4 aliphatic rings. The summed E-state index contributed by atoms with van der Waals surface area (Å²) in [6, 6.07) is 0. The molecule has 4 heterocycles. The first-order chi connectivity index (χ1) is 10.6.